The summed E-state index contributed by atoms with van der Waals surface area (Å²) in [6, 6.07) is 1.79. The SMILES string of the molecule is CC(C)(c1noc(-c2ncnc3[nH]ccc23)n1)S(C)(=O)=O. The summed E-state index contributed by atoms with van der Waals surface area (Å²) in [6.45, 7) is 3.06. The van der Waals surface area contributed by atoms with Crippen molar-refractivity contribution in [3.05, 3.63) is 24.4 Å². The smallest absolute Gasteiger partial charge is 0.277 e. The predicted molar refractivity (Wildman–Crippen MR) is 75.1 cm³/mol. The van der Waals surface area contributed by atoms with E-state index in [1.54, 1.807) is 12.3 Å². The van der Waals surface area contributed by atoms with Gasteiger partial charge in [0.15, 0.2) is 15.7 Å². The van der Waals surface area contributed by atoms with E-state index >= 15 is 0 Å². The number of aromatic nitrogens is 5. The van der Waals surface area contributed by atoms with Gasteiger partial charge in [0.2, 0.25) is 0 Å². The topological polar surface area (TPSA) is 115 Å². The fourth-order valence-corrected chi connectivity index (χ4v) is 2.19. The molecule has 110 valence electrons. The lowest BCUT2D eigenvalue weighted by Crippen LogP contribution is -2.29. The molecule has 0 spiro atoms. The van der Waals surface area contributed by atoms with Gasteiger partial charge < -0.3 is 9.51 Å². The maximum atomic E-state index is 11.8. The van der Waals surface area contributed by atoms with Gasteiger partial charge in [0.05, 0.1) is 5.39 Å². The number of nitrogens with one attached hydrogen (secondary N) is 1. The van der Waals surface area contributed by atoms with Crippen LogP contribution >= 0.6 is 0 Å². The Hall–Kier alpha value is -2.29. The molecule has 0 aliphatic heterocycles. The summed E-state index contributed by atoms with van der Waals surface area (Å²) in [7, 11) is -3.38. The Bertz CT molecular complexity index is 910. The van der Waals surface area contributed by atoms with E-state index in [0.717, 1.165) is 11.6 Å². The Morgan fingerprint density at radius 3 is 2.76 bits per heavy atom. The lowest BCUT2D eigenvalue weighted by atomic mass is 10.2. The van der Waals surface area contributed by atoms with Gasteiger partial charge in [-0.05, 0) is 19.9 Å². The highest BCUT2D eigenvalue weighted by Crippen LogP contribution is 2.29. The molecule has 0 radical (unpaired) electrons. The Morgan fingerprint density at radius 2 is 2.05 bits per heavy atom. The number of H-pyrrole nitrogens is 1. The molecule has 9 heteroatoms. The molecule has 0 bridgehead atoms. The molecule has 0 aliphatic carbocycles. The first-order valence-corrected chi connectivity index (χ1v) is 8.02. The van der Waals surface area contributed by atoms with Crippen molar-refractivity contribution in [1.82, 2.24) is 25.1 Å². The first kappa shape index (κ1) is 13.7. The van der Waals surface area contributed by atoms with Crippen LogP contribution in [0.1, 0.15) is 19.7 Å². The quantitative estimate of drug-likeness (QED) is 0.775. The number of hydrogen-bond acceptors (Lipinski definition) is 7. The third-order valence-electron chi connectivity index (χ3n) is 3.45. The van der Waals surface area contributed by atoms with E-state index in [0.29, 0.717) is 11.3 Å². The van der Waals surface area contributed by atoms with E-state index in [2.05, 4.69) is 25.1 Å². The lowest BCUT2D eigenvalue weighted by Gasteiger charge is -2.17. The second-order valence-electron chi connectivity index (χ2n) is 5.17. The van der Waals surface area contributed by atoms with E-state index in [-0.39, 0.29) is 11.7 Å². The number of rotatable bonds is 3. The second kappa shape index (κ2) is 4.35. The van der Waals surface area contributed by atoms with Crippen molar-refractivity contribution >= 4 is 20.9 Å². The highest BCUT2D eigenvalue weighted by Gasteiger charge is 2.37. The zero-order valence-corrected chi connectivity index (χ0v) is 12.5. The summed E-state index contributed by atoms with van der Waals surface area (Å²) in [4.78, 5) is 15.3. The zero-order valence-electron chi connectivity index (χ0n) is 11.7. The van der Waals surface area contributed by atoms with Crippen LogP contribution in [0.5, 0.6) is 0 Å². The average molecular weight is 307 g/mol. The first-order chi connectivity index (χ1) is 9.80. The minimum atomic E-state index is -3.38. The van der Waals surface area contributed by atoms with Crippen LogP contribution in [0.3, 0.4) is 0 Å². The molecule has 3 aromatic heterocycles. The Kier molecular flexibility index (Phi) is 2.84. The minimum absolute atomic E-state index is 0.0993. The molecular formula is C12H13N5O3S. The van der Waals surface area contributed by atoms with Crippen molar-refractivity contribution in [1.29, 1.82) is 0 Å². The van der Waals surface area contributed by atoms with Crippen molar-refractivity contribution in [3.8, 4) is 11.6 Å². The van der Waals surface area contributed by atoms with Crippen LogP contribution in [0.15, 0.2) is 23.1 Å². The molecule has 0 unspecified atom stereocenters. The van der Waals surface area contributed by atoms with Crippen LogP contribution in [0.2, 0.25) is 0 Å². The van der Waals surface area contributed by atoms with Crippen molar-refractivity contribution in [2.45, 2.75) is 18.6 Å². The Labute approximate surface area is 120 Å². The largest absolute Gasteiger partial charge is 0.346 e. The van der Waals surface area contributed by atoms with Crippen molar-refractivity contribution in [3.63, 3.8) is 0 Å². The number of hydrogen-bond donors (Lipinski definition) is 1. The van der Waals surface area contributed by atoms with Crippen LogP contribution in [0.4, 0.5) is 0 Å². The van der Waals surface area contributed by atoms with E-state index < -0.39 is 14.6 Å². The number of fused-ring (bicyclic) bond motifs is 1. The number of nitrogens with zero attached hydrogens (tertiary/aromatic N) is 4. The van der Waals surface area contributed by atoms with E-state index in [1.807, 2.05) is 0 Å². The van der Waals surface area contributed by atoms with Gasteiger partial charge in [-0.2, -0.15) is 4.98 Å². The molecule has 0 aromatic carbocycles. The summed E-state index contributed by atoms with van der Waals surface area (Å²) in [5.41, 5.74) is 1.10. The highest BCUT2D eigenvalue weighted by atomic mass is 32.2. The molecule has 21 heavy (non-hydrogen) atoms. The van der Waals surface area contributed by atoms with Gasteiger partial charge in [0.25, 0.3) is 5.89 Å². The van der Waals surface area contributed by atoms with E-state index in [1.165, 1.54) is 20.2 Å². The van der Waals surface area contributed by atoms with Crippen molar-refractivity contribution < 1.29 is 12.9 Å². The normalized spacial score (nSPS) is 12.9. The Balaban J connectivity index is 2.13. The first-order valence-electron chi connectivity index (χ1n) is 6.13. The molecule has 3 heterocycles. The summed E-state index contributed by atoms with van der Waals surface area (Å²) in [6.07, 6.45) is 4.23. The fourth-order valence-electron chi connectivity index (χ4n) is 1.77. The van der Waals surface area contributed by atoms with Crippen molar-refractivity contribution in [2.75, 3.05) is 6.26 Å². The molecule has 1 N–H and O–H groups in total. The van der Waals surface area contributed by atoms with Crippen molar-refractivity contribution in [2.24, 2.45) is 0 Å². The molecule has 0 fully saturated rings. The van der Waals surface area contributed by atoms with Gasteiger partial charge in [-0.25, -0.2) is 18.4 Å². The van der Waals surface area contributed by atoms with Gasteiger partial charge in [-0.3, -0.25) is 0 Å². The van der Waals surface area contributed by atoms with E-state index in [4.69, 9.17) is 4.52 Å². The zero-order chi connectivity index (χ0) is 15.3. The minimum Gasteiger partial charge on any atom is -0.346 e. The molecular weight excluding hydrogens is 294 g/mol. The van der Waals surface area contributed by atoms with Crippen LogP contribution in [-0.2, 0) is 14.6 Å². The summed E-state index contributed by atoms with van der Waals surface area (Å²) in [5.74, 6) is 0.260. The molecule has 0 aliphatic rings. The van der Waals surface area contributed by atoms with E-state index in [9.17, 15) is 8.42 Å². The van der Waals surface area contributed by atoms with Gasteiger partial charge in [0.1, 0.15) is 22.4 Å². The molecule has 3 rings (SSSR count). The molecule has 8 nitrogen and oxygen atoms in total. The van der Waals surface area contributed by atoms with Gasteiger partial charge in [0, 0.05) is 12.5 Å². The summed E-state index contributed by atoms with van der Waals surface area (Å²) >= 11 is 0. The lowest BCUT2D eigenvalue weighted by molar-refractivity contribution is 0.412. The molecule has 0 saturated heterocycles. The average Bonchev–Trinajstić information content (AvgIpc) is 3.06. The van der Waals surface area contributed by atoms with Crippen LogP contribution in [0, 0.1) is 0 Å². The fraction of sp³-hybridized carbons (Fsp3) is 0.333. The van der Waals surface area contributed by atoms with Gasteiger partial charge in [-0.1, -0.05) is 5.16 Å². The monoisotopic (exact) mass is 307 g/mol. The van der Waals surface area contributed by atoms with Crippen LogP contribution < -0.4 is 0 Å². The number of sulfone groups is 1. The Morgan fingerprint density at radius 1 is 1.29 bits per heavy atom. The molecule has 3 aromatic rings. The second-order valence-corrected chi connectivity index (χ2v) is 7.73. The van der Waals surface area contributed by atoms with Crippen LogP contribution in [-0.4, -0.2) is 39.8 Å². The molecule has 0 saturated carbocycles. The molecule has 0 amide bonds. The highest BCUT2D eigenvalue weighted by molar-refractivity contribution is 7.91. The van der Waals surface area contributed by atoms with Gasteiger partial charge >= 0.3 is 0 Å². The summed E-state index contributed by atoms with van der Waals surface area (Å²) in [5, 5.41) is 4.51. The third kappa shape index (κ3) is 2.09. The van der Waals surface area contributed by atoms with Gasteiger partial charge in [-0.15, -0.1) is 0 Å². The third-order valence-corrected chi connectivity index (χ3v) is 5.48. The maximum absolute atomic E-state index is 11.8. The molecule has 0 atom stereocenters. The maximum Gasteiger partial charge on any atom is 0.277 e. The predicted octanol–water partition coefficient (Wildman–Crippen LogP) is 1.29. The number of aromatic amines is 1. The standard InChI is InChI=1S/C12H13N5O3S/c1-12(2,21(3,18)19)11-16-10(20-17-11)8-7-4-5-13-9(7)15-6-14-8/h4-6H,1-3H3,(H,13,14,15). The summed E-state index contributed by atoms with van der Waals surface area (Å²) < 4.78 is 27.6. The van der Waals surface area contributed by atoms with Crippen LogP contribution in [0.25, 0.3) is 22.6 Å².